The van der Waals surface area contributed by atoms with E-state index in [-0.39, 0.29) is 0 Å². The van der Waals surface area contributed by atoms with Gasteiger partial charge in [0, 0.05) is 0 Å². The van der Waals surface area contributed by atoms with Gasteiger partial charge in [-0.25, -0.2) is 0 Å². The second-order valence-corrected chi connectivity index (χ2v) is 46.5. The van der Waals surface area contributed by atoms with E-state index in [0.29, 0.717) is 0 Å². The van der Waals surface area contributed by atoms with Gasteiger partial charge < -0.3 is 0 Å². The fourth-order valence-electron chi connectivity index (χ4n) is 0.356. The number of hydrogen-bond donors (Lipinski definition) is 0. The van der Waals surface area contributed by atoms with Crippen LogP contribution in [0.25, 0.3) is 0 Å². The first-order chi connectivity index (χ1) is 3.75. The fourth-order valence-corrected chi connectivity index (χ4v) is 86.5. The summed E-state index contributed by atoms with van der Waals surface area (Å²) in [5, 5.41) is 0. The molecule has 0 atom stereocenters. The summed E-state index contributed by atoms with van der Waals surface area (Å²) >= 11 is 34.3. The zero-order valence-corrected chi connectivity index (χ0v) is 11.3. The molecular weight excluding hydrogens is 297 g/mol. The SMILES string of the molecule is Cl[Si]1(Cl)[Si](Cl)(Cl)[Si]1(Cl)Cl. The summed E-state index contributed by atoms with van der Waals surface area (Å²) < 4.78 is 0. The smallest absolute Gasteiger partial charge is 0.148 e. The highest BCUT2D eigenvalue weighted by Crippen LogP contribution is 2.65. The molecule has 1 aliphatic heterocycles. The van der Waals surface area contributed by atoms with Crippen LogP contribution < -0.4 is 0 Å². The fraction of sp³-hybridized carbons (Fsp3) is 0. The maximum Gasteiger partial charge on any atom is 0.295 e. The minimum absolute atomic E-state index is 2.53. The Morgan fingerprint density at radius 1 is 0.444 bits per heavy atom. The van der Waals surface area contributed by atoms with Crippen LogP contribution in [0, 0.1) is 0 Å². The maximum atomic E-state index is 5.72. The molecular formula is Cl6Si3. The second kappa shape index (κ2) is 2.20. The van der Waals surface area contributed by atoms with E-state index in [0.717, 1.165) is 0 Å². The van der Waals surface area contributed by atoms with E-state index >= 15 is 0 Å². The highest BCUT2D eigenvalue weighted by molar-refractivity contribution is 8.51. The van der Waals surface area contributed by atoms with Crippen molar-refractivity contribution in [1.29, 1.82) is 0 Å². The predicted molar refractivity (Wildman–Crippen MR) is 52.4 cm³/mol. The lowest BCUT2D eigenvalue weighted by Crippen LogP contribution is -2.10. The average Bonchev–Trinajstić information content (AvgIpc) is 1.84. The van der Waals surface area contributed by atoms with Gasteiger partial charge in [-0.2, -0.15) is 0 Å². The van der Waals surface area contributed by atoms with Gasteiger partial charge in [0.05, 0.1) is 0 Å². The van der Waals surface area contributed by atoms with Gasteiger partial charge in [0.15, 0.2) is 0 Å². The molecule has 1 aliphatic rings. The van der Waals surface area contributed by atoms with Gasteiger partial charge in [0.25, 0.3) is 17.2 Å². The first-order valence-electron chi connectivity index (χ1n) is 1.88. The Morgan fingerprint density at radius 3 is 0.556 bits per heavy atom. The van der Waals surface area contributed by atoms with Crippen molar-refractivity contribution in [3.63, 3.8) is 0 Å². The van der Waals surface area contributed by atoms with Crippen molar-refractivity contribution >= 4 is 83.7 Å². The molecule has 0 nitrogen and oxygen atoms in total. The molecule has 1 fully saturated rings. The lowest BCUT2D eigenvalue weighted by atomic mass is 26.9. The maximum absolute atomic E-state index is 5.72. The van der Waals surface area contributed by atoms with E-state index in [1.807, 2.05) is 0 Å². The minimum Gasteiger partial charge on any atom is -0.148 e. The Morgan fingerprint density at radius 2 is 0.556 bits per heavy atom. The van der Waals surface area contributed by atoms with Crippen molar-refractivity contribution in [2.75, 3.05) is 0 Å². The Kier molecular flexibility index (Phi) is 2.32. The molecule has 0 aliphatic carbocycles. The Labute approximate surface area is 82.9 Å². The molecule has 0 spiro atoms. The molecule has 0 unspecified atom stereocenters. The molecule has 0 aromatic carbocycles. The summed E-state index contributed by atoms with van der Waals surface area (Å²) in [7, 11) is 0. The summed E-state index contributed by atoms with van der Waals surface area (Å²) in [6.45, 7) is 0. The van der Waals surface area contributed by atoms with Crippen molar-refractivity contribution in [2.24, 2.45) is 0 Å². The van der Waals surface area contributed by atoms with Crippen LogP contribution in [0.3, 0.4) is 0 Å². The molecule has 1 heterocycles. The van der Waals surface area contributed by atoms with Crippen molar-refractivity contribution in [1.82, 2.24) is 0 Å². The average molecular weight is 297 g/mol. The Balaban J connectivity index is 2.91. The molecule has 0 saturated carbocycles. The largest absolute Gasteiger partial charge is 0.295 e. The molecule has 0 N–H and O–H groups in total. The van der Waals surface area contributed by atoms with Gasteiger partial charge in [0.1, 0.15) is 0 Å². The van der Waals surface area contributed by atoms with Crippen LogP contribution in [0.4, 0.5) is 0 Å². The van der Waals surface area contributed by atoms with Gasteiger partial charge in [-0.05, 0) is 0 Å². The van der Waals surface area contributed by atoms with Gasteiger partial charge in [-0.1, -0.05) is 0 Å². The van der Waals surface area contributed by atoms with Gasteiger partial charge in [-0.3, -0.25) is 0 Å². The topological polar surface area (TPSA) is 0 Å². The van der Waals surface area contributed by atoms with Crippen LogP contribution in [0.1, 0.15) is 0 Å². The van der Waals surface area contributed by atoms with Crippen LogP contribution in [0.15, 0.2) is 0 Å². The normalized spacial score (nSPS) is 34.0. The van der Waals surface area contributed by atoms with E-state index in [2.05, 4.69) is 0 Å². The van der Waals surface area contributed by atoms with Crippen LogP contribution in [-0.4, -0.2) is 17.2 Å². The molecule has 1 saturated heterocycles. The second-order valence-electron chi connectivity index (χ2n) is 1.72. The van der Waals surface area contributed by atoms with E-state index in [9.17, 15) is 0 Å². The standard InChI is InChI=1S/Cl6Si3/c1-7(2)8(3,4)9(7,5)6. The number of halogens is 6. The van der Waals surface area contributed by atoms with Crippen molar-refractivity contribution < 1.29 is 0 Å². The summed E-state index contributed by atoms with van der Waals surface area (Å²) in [6.07, 6.45) is 0. The predicted octanol–water partition coefficient (Wildman–Crippen LogP) is 2.99. The first kappa shape index (κ1) is 9.48. The molecule has 0 aromatic rings. The highest BCUT2D eigenvalue weighted by atomic mass is 35.8. The molecule has 0 aromatic heterocycles. The minimum atomic E-state index is -2.53. The zero-order valence-electron chi connectivity index (χ0n) is 3.77. The lowest BCUT2D eigenvalue weighted by Gasteiger charge is -1.87. The van der Waals surface area contributed by atoms with Crippen LogP contribution in [0.5, 0.6) is 0 Å². The number of rotatable bonds is 0. The first-order valence-corrected chi connectivity index (χ1v) is 17.0. The third-order valence-corrected chi connectivity index (χ3v) is 84.0. The Hall–Kier alpha value is 2.39. The molecule has 0 amide bonds. The van der Waals surface area contributed by atoms with E-state index < -0.39 is 17.2 Å². The summed E-state index contributed by atoms with van der Waals surface area (Å²) in [5.41, 5.74) is -7.60. The van der Waals surface area contributed by atoms with E-state index in [1.54, 1.807) is 0 Å². The van der Waals surface area contributed by atoms with Crippen molar-refractivity contribution in [3.05, 3.63) is 0 Å². The molecule has 54 valence electrons. The quantitative estimate of drug-likeness (QED) is 0.476. The summed E-state index contributed by atoms with van der Waals surface area (Å²) in [4.78, 5) is 0. The third-order valence-electron chi connectivity index (χ3n) is 1.12. The number of hydrogen-bond acceptors (Lipinski definition) is 0. The van der Waals surface area contributed by atoms with Gasteiger partial charge >= 0.3 is 0 Å². The molecule has 9 heteroatoms. The molecule has 9 heavy (non-hydrogen) atoms. The van der Waals surface area contributed by atoms with Gasteiger partial charge in [0.2, 0.25) is 0 Å². The van der Waals surface area contributed by atoms with Crippen molar-refractivity contribution in [2.45, 2.75) is 0 Å². The zero-order chi connectivity index (χ0) is 7.50. The monoisotopic (exact) mass is 294 g/mol. The van der Waals surface area contributed by atoms with Gasteiger partial charge in [-0.15, -0.1) is 66.5 Å². The van der Waals surface area contributed by atoms with E-state index in [1.165, 1.54) is 0 Å². The summed E-state index contributed by atoms with van der Waals surface area (Å²) in [6, 6.07) is 0. The molecule has 0 radical (unpaired) electrons. The molecule has 0 bridgehead atoms. The van der Waals surface area contributed by atoms with Crippen LogP contribution in [-0.2, 0) is 0 Å². The summed E-state index contributed by atoms with van der Waals surface area (Å²) in [5.74, 6) is 0. The van der Waals surface area contributed by atoms with Crippen LogP contribution >= 0.6 is 66.5 Å². The Bertz CT molecular complexity index is 106. The van der Waals surface area contributed by atoms with E-state index in [4.69, 9.17) is 66.5 Å². The van der Waals surface area contributed by atoms with Crippen molar-refractivity contribution in [3.8, 4) is 0 Å². The third kappa shape index (κ3) is 0.975. The molecule has 1 rings (SSSR count). The van der Waals surface area contributed by atoms with Crippen LogP contribution in [0.2, 0.25) is 0 Å². The highest BCUT2D eigenvalue weighted by Gasteiger charge is 2.95. The lowest BCUT2D eigenvalue weighted by molar-refractivity contribution is 3.79.